The summed E-state index contributed by atoms with van der Waals surface area (Å²) < 4.78 is 0. The maximum atomic E-state index is 7.57. The van der Waals surface area contributed by atoms with E-state index in [1.807, 2.05) is 11.8 Å². The standard InChI is InChI=1S/C6H10N2O.C2H6O.CH5NO/c1-4-8-5(2)7-9-6(8)3;2*1-2-3/h7H,2-4H2,1H3;3H,2H2,1H3;2-3H,1H3. The summed E-state index contributed by atoms with van der Waals surface area (Å²) in [5.74, 6) is 1.37. The van der Waals surface area contributed by atoms with Gasteiger partial charge in [0.05, 0.1) is 0 Å². The van der Waals surface area contributed by atoms with Crippen LogP contribution in [0.15, 0.2) is 24.9 Å². The van der Waals surface area contributed by atoms with E-state index in [1.165, 1.54) is 7.05 Å². The Morgan fingerprint density at radius 2 is 1.87 bits per heavy atom. The molecule has 1 rings (SSSR count). The van der Waals surface area contributed by atoms with E-state index in [0.29, 0.717) is 5.88 Å². The van der Waals surface area contributed by atoms with Crippen molar-refractivity contribution in [3.05, 3.63) is 24.9 Å². The fourth-order valence-electron chi connectivity index (χ4n) is 0.746. The van der Waals surface area contributed by atoms with Crippen molar-refractivity contribution in [3.8, 4) is 0 Å². The molecule has 15 heavy (non-hydrogen) atoms. The Morgan fingerprint density at radius 3 is 2.00 bits per heavy atom. The van der Waals surface area contributed by atoms with Crippen LogP contribution in [0.2, 0.25) is 0 Å². The second-order valence-corrected chi connectivity index (χ2v) is 2.33. The average Bonchev–Trinajstić information content (AvgIpc) is 2.48. The monoisotopic (exact) mass is 219 g/mol. The van der Waals surface area contributed by atoms with Gasteiger partial charge in [0.1, 0.15) is 5.82 Å². The van der Waals surface area contributed by atoms with Crippen LogP contribution in [0.3, 0.4) is 0 Å². The third-order valence-electron chi connectivity index (χ3n) is 1.23. The Hall–Kier alpha value is -1.24. The summed E-state index contributed by atoms with van der Waals surface area (Å²) in [6.07, 6.45) is 0. The van der Waals surface area contributed by atoms with Crippen LogP contribution < -0.4 is 11.0 Å². The molecule has 0 atom stereocenters. The van der Waals surface area contributed by atoms with Crippen LogP contribution in [0.4, 0.5) is 0 Å². The molecule has 0 aromatic rings. The van der Waals surface area contributed by atoms with Crippen molar-refractivity contribution in [2.75, 3.05) is 20.2 Å². The van der Waals surface area contributed by atoms with Crippen LogP contribution in [0.25, 0.3) is 0 Å². The van der Waals surface area contributed by atoms with E-state index in [4.69, 9.17) is 15.2 Å². The second-order valence-electron chi connectivity index (χ2n) is 2.33. The lowest BCUT2D eigenvalue weighted by Crippen LogP contribution is -2.16. The molecule has 0 aromatic heterocycles. The molecule has 1 aliphatic rings. The lowest BCUT2D eigenvalue weighted by molar-refractivity contribution is 0.157. The zero-order valence-corrected chi connectivity index (χ0v) is 9.58. The highest BCUT2D eigenvalue weighted by molar-refractivity contribution is 5.03. The van der Waals surface area contributed by atoms with Gasteiger partial charge in [0.25, 0.3) is 0 Å². The second kappa shape index (κ2) is 10.8. The molecule has 0 radical (unpaired) electrons. The molecular formula is C9H21N3O3. The van der Waals surface area contributed by atoms with Gasteiger partial charge in [-0.2, -0.15) is 0 Å². The number of nitrogens with one attached hydrogen (secondary N) is 2. The molecule has 1 aliphatic heterocycles. The SMILES string of the molecule is C=C1NOC(=C)N1CC.CCO.CNO. The Morgan fingerprint density at radius 1 is 1.47 bits per heavy atom. The first-order valence-corrected chi connectivity index (χ1v) is 4.58. The first-order valence-electron chi connectivity index (χ1n) is 4.58. The van der Waals surface area contributed by atoms with Gasteiger partial charge in [-0.3, -0.25) is 4.90 Å². The van der Waals surface area contributed by atoms with Gasteiger partial charge in [-0.1, -0.05) is 6.58 Å². The quantitative estimate of drug-likeness (QED) is 0.478. The van der Waals surface area contributed by atoms with E-state index in [-0.39, 0.29) is 6.61 Å². The summed E-state index contributed by atoms with van der Waals surface area (Å²) >= 11 is 0. The van der Waals surface area contributed by atoms with Crippen molar-refractivity contribution < 1.29 is 15.2 Å². The molecule has 0 aromatic carbocycles. The first-order chi connectivity index (χ1) is 7.08. The fourth-order valence-corrected chi connectivity index (χ4v) is 0.746. The first kappa shape index (κ1) is 16.2. The minimum Gasteiger partial charge on any atom is -0.397 e. The number of rotatable bonds is 1. The highest BCUT2D eigenvalue weighted by atomic mass is 16.7. The molecule has 4 N–H and O–H groups in total. The predicted molar refractivity (Wildman–Crippen MR) is 58.5 cm³/mol. The Labute approximate surface area is 90.8 Å². The molecule has 6 nitrogen and oxygen atoms in total. The van der Waals surface area contributed by atoms with Crippen molar-refractivity contribution in [2.45, 2.75) is 13.8 Å². The molecule has 0 spiro atoms. The van der Waals surface area contributed by atoms with E-state index < -0.39 is 0 Å². The van der Waals surface area contributed by atoms with Crippen LogP contribution in [-0.4, -0.2) is 35.4 Å². The number of hydrogen-bond acceptors (Lipinski definition) is 6. The summed E-state index contributed by atoms with van der Waals surface area (Å²) in [5, 5.41) is 14.9. The molecule has 0 amide bonds. The van der Waals surface area contributed by atoms with Gasteiger partial charge in [-0.25, -0.2) is 11.0 Å². The van der Waals surface area contributed by atoms with E-state index in [1.54, 1.807) is 12.4 Å². The summed E-state index contributed by atoms with van der Waals surface area (Å²) in [5.41, 5.74) is 4.35. The maximum absolute atomic E-state index is 7.57. The maximum Gasteiger partial charge on any atom is 0.220 e. The lowest BCUT2D eigenvalue weighted by Gasteiger charge is -2.10. The summed E-state index contributed by atoms with van der Waals surface area (Å²) in [6.45, 7) is 12.1. The third kappa shape index (κ3) is 7.80. The summed E-state index contributed by atoms with van der Waals surface area (Å²) in [7, 11) is 1.43. The Balaban J connectivity index is 0. The van der Waals surface area contributed by atoms with Gasteiger partial charge < -0.3 is 15.2 Å². The van der Waals surface area contributed by atoms with Crippen molar-refractivity contribution in [3.63, 3.8) is 0 Å². The van der Waals surface area contributed by atoms with E-state index >= 15 is 0 Å². The zero-order valence-electron chi connectivity index (χ0n) is 9.58. The van der Waals surface area contributed by atoms with Gasteiger partial charge in [0.15, 0.2) is 0 Å². The van der Waals surface area contributed by atoms with Gasteiger partial charge in [0, 0.05) is 20.2 Å². The normalized spacial score (nSPS) is 13.0. The molecular weight excluding hydrogens is 198 g/mol. The molecule has 1 saturated heterocycles. The Kier molecular flexibility index (Phi) is 11.7. The molecule has 0 unspecified atom stereocenters. The number of aliphatic hydroxyl groups excluding tert-OH is 1. The van der Waals surface area contributed by atoms with Crippen LogP contribution in [0.1, 0.15) is 13.8 Å². The summed E-state index contributed by atoms with van der Waals surface area (Å²) in [6, 6.07) is 0. The van der Waals surface area contributed by atoms with E-state index in [9.17, 15) is 0 Å². The van der Waals surface area contributed by atoms with Crippen molar-refractivity contribution >= 4 is 0 Å². The van der Waals surface area contributed by atoms with Crippen molar-refractivity contribution in [2.24, 2.45) is 0 Å². The lowest BCUT2D eigenvalue weighted by atomic mass is 10.6. The average molecular weight is 219 g/mol. The van der Waals surface area contributed by atoms with Crippen molar-refractivity contribution in [1.29, 1.82) is 0 Å². The molecule has 6 heteroatoms. The minimum absolute atomic E-state index is 0.250. The van der Waals surface area contributed by atoms with Crippen LogP contribution in [-0.2, 0) is 4.84 Å². The van der Waals surface area contributed by atoms with Gasteiger partial charge >= 0.3 is 0 Å². The third-order valence-corrected chi connectivity index (χ3v) is 1.23. The van der Waals surface area contributed by atoms with Gasteiger partial charge in [0.2, 0.25) is 5.88 Å². The van der Waals surface area contributed by atoms with E-state index in [2.05, 4.69) is 18.6 Å². The molecule has 90 valence electrons. The largest absolute Gasteiger partial charge is 0.397 e. The predicted octanol–water partition coefficient (Wildman–Crippen LogP) is 0.379. The number of nitrogens with zero attached hydrogens (tertiary/aromatic N) is 1. The smallest absolute Gasteiger partial charge is 0.220 e. The summed E-state index contributed by atoms with van der Waals surface area (Å²) in [4.78, 5) is 6.70. The highest BCUT2D eigenvalue weighted by Gasteiger charge is 2.17. The zero-order chi connectivity index (χ0) is 12.3. The number of aliphatic hydroxyl groups is 1. The van der Waals surface area contributed by atoms with Gasteiger partial charge in [-0.15, -0.1) is 0 Å². The van der Waals surface area contributed by atoms with Crippen molar-refractivity contribution in [1.82, 2.24) is 15.9 Å². The van der Waals surface area contributed by atoms with Crippen LogP contribution in [0.5, 0.6) is 0 Å². The van der Waals surface area contributed by atoms with E-state index in [0.717, 1.165) is 12.4 Å². The number of hydrogen-bond donors (Lipinski definition) is 4. The van der Waals surface area contributed by atoms with Crippen LogP contribution in [0, 0.1) is 0 Å². The fraction of sp³-hybridized carbons (Fsp3) is 0.556. The molecule has 1 fully saturated rings. The molecule has 0 saturated carbocycles. The number of hydroxylamine groups is 2. The molecule has 1 heterocycles. The highest BCUT2D eigenvalue weighted by Crippen LogP contribution is 2.14. The Bertz CT molecular complexity index is 167. The molecule has 0 bridgehead atoms. The minimum atomic E-state index is 0.250. The van der Waals surface area contributed by atoms with Gasteiger partial charge in [-0.05, 0) is 20.4 Å². The van der Waals surface area contributed by atoms with Crippen LogP contribution >= 0.6 is 0 Å². The molecule has 0 aliphatic carbocycles. The topological polar surface area (TPSA) is 77.0 Å².